The van der Waals surface area contributed by atoms with Gasteiger partial charge in [0.2, 0.25) is 0 Å². The Hall–Kier alpha value is -3.49. The predicted octanol–water partition coefficient (Wildman–Crippen LogP) is 5.63. The average Bonchev–Trinajstić information content (AvgIpc) is 3.27. The van der Waals surface area contributed by atoms with Crippen LogP contribution >= 0.6 is 23.4 Å². The zero-order valence-corrected chi connectivity index (χ0v) is 20.1. The van der Waals surface area contributed by atoms with E-state index >= 15 is 0 Å². The summed E-state index contributed by atoms with van der Waals surface area (Å²) in [6, 6.07) is 17.1. The number of H-pyrrole nitrogens is 1. The van der Waals surface area contributed by atoms with Crippen molar-refractivity contribution in [2.24, 2.45) is 0 Å². The molecular formula is C25H21ClN6OS. The lowest BCUT2D eigenvalue weighted by Crippen LogP contribution is -2.11. The number of halogens is 1. The topological polar surface area (TPSA) is 89.4 Å². The van der Waals surface area contributed by atoms with Crippen LogP contribution < -0.4 is 5.56 Å². The predicted molar refractivity (Wildman–Crippen MR) is 136 cm³/mol. The summed E-state index contributed by atoms with van der Waals surface area (Å²) in [7, 11) is 0. The Balaban J connectivity index is 1.57. The molecule has 0 bridgehead atoms. The standard InChI is InChI=1S/C25H21ClN6OS/c1-15(2)18-7-3-4-8-21(18)32-23(16-6-5-11-27-13-16)30-31-25(32)34-14-22-28-20-12-17(26)9-10-19(20)24(33)29-22/h3-13,15H,14H2,1-2H3,(H,28,29,33). The number of nitrogens with zero attached hydrogens (tertiary/aromatic N) is 5. The summed E-state index contributed by atoms with van der Waals surface area (Å²) >= 11 is 7.56. The van der Waals surface area contributed by atoms with Gasteiger partial charge in [0.05, 0.1) is 22.3 Å². The average molecular weight is 489 g/mol. The molecule has 0 aliphatic carbocycles. The Labute approximate surface area is 205 Å². The van der Waals surface area contributed by atoms with E-state index in [1.807, 2.05) is 28.8 Å². The van der Waals surface area contributed by atoms with E-state index in [1.54, 1.807) is 30.6 Å². The normalized spacial score (nSPS) is 11.4. The Kier molecular flexibility index (Phi) is 6.17. The number of pyridine rings is 1. The van der Waals surface area contributed by atoms with Crippen LogP contribution in [0.15, 0.2) is 76.9 Å². The summed E-state index contributed by atoms with van der Waals surface area (Å²) in [5, 5.41) is 10.7. The van der Waals surface area contributed by atoms with Gasteiger partial charge < -0.3 is 4.98 Å². The molecule has 5 rings (SSSR count). The molecule has 34 heavy (non-hydrogen) atoms. The Morgan fingerprint density at radius 3 is 2.74 bits per heavy atom. The van der Waals surface area contributed by atoms with Crippen molar-refractivity contribution < 1.29 is 0 Å². The molecule has 0 saturated carbocycles. The van der Waals surface area contributed by atoms with Crippen molar-refractivity contribution in [3.8, 4) is 17.1 Å². The second kappa shape index (κ2) is 9.40. The molecule has 1 N–H and O–H groups in total. The summed E-state index contributed by atoms with van der Waals surface area (Å²) in [4.78, 5) is 24.3. The van der Waals surface area contributed by atoms with Crippen molar-refractivity contribution >= 4 is 34.3 Å². The van der Waals surface area contributed by atoms with Gasteiger partial charge in [-0.25, -0.2) is 4.98 Å². The highest BCUT2D eigenvalue weighted by atomic mass is 35.5. The number of hydrogen-bond donors (Lipinski definition) is 1. The SMILES string of the molecule is CC(C)c1ccccc1-n1c(SCc2nc3cc(Cl)ccc3c(=O)[nH]2)nnc1-c1cccnc1. The summed E-state index contributed by atoms with van der Waals surface area (Å²) < 4.78 is 2.05. The van der Waals surface area contributed by atoms with Crippen LogP contribution in [-0.4, -0.2) is 29.7 Å². The fourth-order valence-corrected chi connectivity index (χ4v) is 4.79. The number of hydrogen-bond acceptors (Lipinski definition) is 6. The highest BCUT2D eigenvalue weighted by molar-refractivity contribution is 7.98. The monoisotopic (exact) mass is 488 g/mol. The van der Waals surface area contributed by atoms with Crippen LogP contribution in [0.25, 0.3) is 28.0 Å². The molecule has 0 aliphatic heterocycles. The number of para-hydroxylation sites is 1. The van der Waals surface area contributed by atoms with E-state index in [9.17, 15) is 4.79 Å². The van der Waals surface area contributed by atoms with Crippen molar-refractivity contribution in [1.29, 1.82) is 0 Å². The third kappa shape index (κ3) is 4.34. The minimum atomic E-state index is -0.195. The zero-order chi connectivity index (χ0) is 23.7. The van der Waals surface area contributed by atoms with E-state index in [1.165, 1.54) is 17.3 Å². The fraction of sp³-hybridized carbons (Fsp3) is 0.160. The van der Waals surface area contributed by atoms with Gasteiger partial charge in [-0.15, -0.1) is 10.2 Å². The molecule has 0 unspecified atom stereocenters. The van der Waals surface area contributed by atoms with Crippen LogP contribution in [0.5, 0.6) is 0 Å². The molecule has 0 spiro atoms. The first-order chi connectivity index (χ1) is 16.5. The number of rotatable bonds is 6. The molecule has 9 heteroatoms. The molecule has 7 nitrogen and oxygen atoms in total. The maximum atomic E-state index is 12.5. The lowest BCUT2D eigenvalue weighted by Gasteiger charge is -2.16. The second-order valence-electron chi connectivity index (χ2n) is 8.06. The first-order valence-corrected chi connectivity index (χ1v) is 12.1. The van der Waals surface area contributed by atoms with Gasteiger partial charge in [-0.05, 0) is 47.9 Å². The van der Waals surface area contributed by atoms with E-state index in [0.29, 0.717) is 44.4 Å². The van der Waals surface area contributed by atoms with Crippen LogP contribution in [0.1, 0.15) is 31.2 Å². The Morgan fingerprint density at radius 1 is 1.09 bits per heavy atom. The molecule has 3 heterocycles. The number of benzene rings is 2. The fourth-order valence-electron chi connectivity index (χ4n) is 3.80. The van der Waals surface area contributed by atoms with Crippen molar-refractivity contribution in [3.05, 3.63) is 93.8 Å². The minimum absolute atomic E-state index is 0.195. The molecule has 5 aromatic rings. The van der Waals surface area contributed by atoms with Crippen LogP contribution in [0.4, 0.5) is 0 Å². The van der Waals surface area contributed by atoms with Crippen LogP contribution in [0, 0.1) is 0 Å². The van der Waals surface area contributed by atoms with Gasteiger partial charge in [0.1, 0.15) is 5.82 Å². The maximum absolute atomic E-state index is 12.5. The zero-order valence-electron chi connectivity index (χ0n) is 18.6. The second-order valence-corrected chi connectivity index (χ2v) is 9.44. The van der Waals surface area contributed by atoms with Crippen molar-refractivity contribution in [2.45, 2.75) is 30.7 Å². The smallest absolute Gasteiger partial charge is 0.258 e. The molecule has 170 valence electrons. The van der Waals surface area contributed by atoms with E-state index in [0.717, 1.165) is 11.3 Å². The lowest BCUT2D eigenvalue weighted by atomic mass is 10.0. The van der Waals surface area contributed by atoms with Crippen molar-refractivity contribution in [1.82, 2.24) is 29.7 Å². The maximum Gasteiger partial charge on any atom is 0.258 e. The molecule has 0 radical (unpaired) electrons. The van der Waals surface area contributed by atoms with Crippen molar-refractivity contribution in [3.63, 3.8) is 0 Å². The molecule has 0 aliphatic rings. The minimum Gasteiger partial charge on any atom is -0.309 e. The Morgan fingerprint density at radius 2 is 1.94 bits per heavy atom. The number of aromatic amines is 1. The summed E-state index contributed by atoms with van der Waals surface area (Å²) in [6.07, 6.45) is 3.51. The summed E-state index contributed by atoms with van der Waals surface area (Å²) in [6.45, 7) is 4.32. The number of thioether (sulfide) groups is 1. The highest BCUT2D eigenvalue weighted by Gasteiger charge is 2.20. The first-order valence-electron chi connectivity index (χ1n) is 10.8. The van der Waals surface area contributed by atoms with E-state index in [-0.39, 0.29) is 5.56 Å². The molecule has 0 fully saturated rings. The van der Waals surface area contributed by atoms with E-state index < -0.39 is 0 Å². The number of nitrogens with one attached hydrogen (secondary N) is 1. The highest BCUT2D eigenvalue weighted by Crippen LogP contribution is 2.32. The van der Waals surface area contributed by atoms with Gasteiger partial charge in [-0.3, -0.25) is 14.3 Å². The van der Waals surface area contributed by atoms with Gasteiger partial charge in [-0.2, -0.15) is 0 Å². The van der Waals surface area contributed by atoms with Gasteiger partial charge in [0.25, 0.3) is 5.56 Å². The van der Waals surface area contributed by atoms with Gasteiger partial charge in [0, 0.05) is 23.0 Å². The van der Waals surface area contributed by atoms with Crippen LogP contribution in [0.3, 0.4) is 0 Å². The molecule has 0 atom stereocenters. The summed E-state index contributed by atoms with van der Waals surface area (Å²) in [5.74, 6) is 1.96. The molecular weight excluding hydrogens is 468 g/mol. The van der Waals surface area contributed by atoms with Crippen molar-refractivity contribution in [2.75, 3.05) is 0 Å². The quantitative estimate of drug-likeness (QED) is 0.311. The largest absolute Gasteiger partial charge is 0.309 e. The van der Waals surface area contributed by atoms with E-state index in [4.69, 9.17) is 11.6 Å². The molecule has 3 aromatic heterocycles. The van der Waals surface area contributed by atoms with Gasteiger partial charge in [-0.1, -0.05) is 55.4 Å². The van der Waals surface area contributed by atoms with E-state index in [2.05, 4.69) is 51.1 Å². The summed E-state index contributed by atoms with van der Waals surface area (Å²) in [5.41, 5.74) is 3.43. The Bertz CT molecular complexity index is 1530. The van der Waals surface area contributed by atoms with Gasteiger partial charge >= 0.3 is 0 Å². The molecule has 2 aromatic carbocycles. The van der Waals surface area contributed by atoms with Gasteiger partial charge in [0.15, 0.2) is 11.0 Å². The third-order valence-electron chi connectivity index (χ3n) is 5.41. The lowest BCUT2D eigenvalue weighted by molar-refractivity contribution is 0.818. The third-order valence-corrected chi connectivity index (χ3v) is 6.58. The van der Waals surface area contributed by atoms with Crippen LogP contribution in [0.2, 0.25) is 5.02 Å². The first kappa shape index (κ1) is 22.3. The molecule has 0 saturated heterocycles. The number of aromatic nitrogens is 6. The molecule has 0 amide bonds. The van der Waals surface area contributed by atoms with Crippen LogP contribution in [-0.2, 0) is 5.75 Å². The number of fused-ring (bicyclic) bond motifs is 1.